The minimum Gasteiger partial charge on any atom is -0.383 e. The number of rotatable bonds is 4. The van der Waals surface area contributed by atoms with E-state index in [1.807, 2.05) is 0 Å². The second kappa shape index (κ2) is 5.55. The molecule has 1 aromatic rings. The first-order valence-electron chi connectivity index (χ1n) is 6.54. The molecule has 0 saturated heterocycles. The Kier molecular flexibility index (Phi) is 4.13. The number of aliphatic imine (C=N–C) groups is 1. The molecule has 0 amide bonds. The highest BCUT2D eigenvalue weighted by atomic mass is 19.4. The van der Waals surface area contributed by atoms with Crippen LogP contribution in [-0.4, -0.2) is 37.7 Å². The first-order valence-corrected chi connectivity index (χ1v) is 6.54. The fraction of sp³-hybridized carbons (Fsp3) is 0.500. The number of methoxy groups -OCH3 is 1. The van der Waals surface area contributed by atoms with E-state index < -0.39 is 17.3 Å². The SMILES string of the molecule is COCCN1C(N)=NCC1(C)c1ccccc1C(F)(F)F. The molecule has 4 nitrogen and oxygen atoms in total. The van der Waals surface area contributed by atoms with Gasteiger partial charge in [-0.15, -0.1) is 0 Å². The lowest BCUT2D eigenvalue weighted by Crippen LogP contribution is -2.49. The average molecular weight is 301 g/mol. The first kappa shape index (κ1) is 15.6. The minimum absolute atomic E-state index is 0.179. The average Bonchev–Trinajstić information content (AvgIpc) is 2.72. The quantitative estimate of drug-likeness (QED) is 0.927. The lowest BCUT2D eigenvalue weighted by atomic mass is 9.87. The number of nitrogens with two attached hydrogens (primary N) is 1. The standard InChI is InChI=1S/C14H18F3N3O/c1-13(9-19-12(18)20(13)7-8-21-2)10-5-3-4-6-11(10)14(15,16)17/h3-6H,7-9H2,1-2H3,(H2,18,19). The first-order chi connectivity index (χ1) is 9.80. The van der Waals surface area contributed by atoms with E-state index in [0.29, 0.717) is 13.2 Å². The molecule has 21 heavy (non-hydrogen) atoms. The Morgan fingerprint density at radius 3 is 2.67 bits per heavy atom. The Bertz CT molecular complexity index is 545. The molecule has 1 aliphatic heterocycles. The molecule has 0 spiro atoms. The van der Waals surface area contributed by atoms with E-state index in [1.165, 1.54) is 19.2 Å². The third kappa shape index (κ3) is 2.83. The topological polar surface area (TPSA) is 50.9 Å². The van der Waals surface area contributed by atoms with Gasteiger partial charge in [-0.25, -0.2) is 0 Å². The molecule has 0 fully saturated rings. The van der Waals surface area contributed by atoms with Gasteiger partial charge in [-0.1, -0.05) is 18.2 Å². The predicted octanol–water partition coefficient (Wildman–Crippen LogP) is 2.20. The van der Waals surface area contributed by atoms with E-state index >= 15 is 0 Å². The van der Waals surface area contributed by atoms with E-state index in [2.05, 4.69) is 4.99 Å². The van der Waals surface area contributed by atoms with Crippen LogP contribution in [0.5, 0.6) is 0 Å². The lowest BCUT2D eigenvalue weighted by molar-refractivity contribution is -0.139. The minimum atomic E-state index is -4.41. The van der Waals surface area contributed by atoms with Gasteiger partial charge in [-0.2, -0.15) is 13.2 Å². The Morgan fingerprint density at radius 2 is 2.05 bits per heavy atom. The molecule has 2 rings (SSSR count). The molecule has 1 heterocycles. The van der Waals surface area contributed by atoms with Crippen LogP contribution >= 0.6 is 0 Å². The molecule has 1 atom stereocenters. The van der Waals surface area contributed by atoms with Crippen LogP contribution in [0.3, 0.4) is 0 Å². The van der Waals surface area contributed by atoms with Gasteiger partial charge >= 0.3 is 6.18 Å². The summed E-state index contributed by atoms with van der Waals surface area (Å²) in [6.07, 6.45) is -4.41. The molecular weight excluding hydrogens is 283 g/mol. The lowest BCUT2D eigenvalue weighted by Gasteiger charge is -2.38. The zero-order valence-corrected chi connectivity index (χ0v) is 11.9. The van der Waals surface area contributed by atoms with Crippen molar-refractivity contribution in [3.05, 3.63) is 35.4 Å². The summed E-state index contributed by atoms with van der Waals surface area (Å²) in [6, 6.07) is 5.55. The maximum absolute atomic E-state index is 13.2. The molecule has 0 saturated carbocycles. The van der Waals surface area contributed by atoms with E-state index in [0.717, 1.165) is 6.07 Å². The highest BCUT2D eigenvalue weighted by molar-refractivity contribution is 5.81. The van der Waals surface area contributed by atoms with Gasteiger partial charge in [0.05, 0.1) is 24.3 Å². The summed E-state index contributed by atoms with van der Waals surface area (Å²) in [5.74, 6) is 0.242. The summed E-state index contributed by atoms with van der Waals surface area (Å²) >= 11 is 0. The van der Waals surface area contributed by atoms with Gasteiger partial charge in [0.15, 0.2) is 5.96 Å². The summed E-state index contributed by atoms with van der Waals surface area (Å²) in [6.45, 7) is 2.65. The van der Waals surface area contributed by atoms with Crippen LogP contribution in [0.4, 0.5) is 13.2 Å². The van der Waals surface area contributed by atoms with Crippen LogP contribution < -0.4 is 5.73 Å². The van der Waals surface area contributed by atoms with Crippen LogP contribution in [0, 0.1) is 0 Å². The molecule has 0 aromatic heterocycles. The third-order valence-corrected chi connectivity index (χ3v) is 3.75. The van der Waals surface area contributed by atoms with E-state index in [-0.39, 0.29) is 18.1 Å². The maximum atomic E-state index is 13.2. The summed E-state index contributed by atoms with van der Waals surface area (Å²) in [5, 5.41) is 0. The number of benzene rings is 1. The number of hydrogen-bond donors (Lipinski definition) is 1. The van der Waals surface area contributed by atoms with E-state index in [1.54, 1.807) is 17.9 Å². The third-order valence-electron chi connectivity index (χ3n) is 3.75. The number of alkyl halides is 3. The normalized spacial score (nSPS) is 22.5. The summed E-state index contributed by atoms with van der Waals surface area (Å²) in [5.41, 5.74) is 4.43. The summed E-state index contributed by atoms with van der Waals surface area (Å²) < 4.78 is 44.7. The van der Waals surface area contributed by atoms with Crippen molar-refractivity contribution < 1.29 is 17.9 Å². The summed E-state index contributed by atoms with van der Waals surface area (Å²) in [7, 11) is 1.53. The van der Waals surface area contributed by atoms with Gasteiger partial charge in [0, 0.05) is 13.7 Å². The molecular formula is C14H18F3N3O. The van der Waals surface area contributed by atoms with Crippen molar-refractivity contribution in [3.63, 3.8) is 0 Å². The molecule has 2 N–H and O–H groups in total. The van der Waals surface area contributed by atoms with Crippen molar-refractivity contribution >= 4 is 5.96 Å². The summed E-state index contributed by atoms with van der Waals surface area (Å²) in [4.78, 5) is 5.79. The maximum Gasteiger partial charge on any atom is 0.416 e. The Morgan fingerprint density at radius 1 is 1.38 bits per heavy atom. The van der Waals surface area contributed by atoms with Crippen molar-refractivity contribution in [1.29, 1.82) is 0 Å². The van der Waals surface area contributed by atoms with Crippen LogP contribution in [0.1, 0.15) is 18.1 Å². The van der Waals surface area contributed by atoms with Gasteiger partial charge in [-0.05, 0) is 18.6 Å². The molecule has 1 unspecified atom stereocenters. The monoisotopic (exact) mass is 301 g/mol. The van der Waals surface area contributed by atoms with Crippen LogP contribution in [-0.2, 0) is 16.5 Å². The largest absolute Gasteiger partial charge is 0.416 e. The number of ether oxygens (including phenoxy) is 1. The van der Waals surface area contributed by atoms with Crippen LogP contribution in [0.25, 0.3) is 0 Å². The zero-order chi connectivity index (χ0) is 15.7. The molecule has 0 aliphatic carbocycles. The van der Waals surface area contributed by atoms with Gasteiger partial charge < -0.3 is 15.4 Å². The Balaban J connectivity index is 2.45. The van der Waals surface area contributed by atoms with Crippen molar-refractivity contribution in [2.45, 2.75) is 18.6 Å². The predicted molar refractivity (Wildman–Crippen MR) is 73.9 cm³/mol. The van der Waals surface area contributed by atoms with Crippen molar-refractivity contribution in [3.8, 4) is 0 Å². The molecule has 0 bridgehead atoms. The van der Waals surface area contributed by atoms with E-state index in [4.69, 9.17) is 10.5 Å². The zero-order valence-electron chi connectivity index (χ0n) is 11.9. The van der Waals surface area contributed by atoms with Crippen LogP contribution in [0.15, 0.2) is 29.3 Å². The Labute approximate surface area is 121 Å². The number of hydrogen-bond acceptors (Lipinski definition) is 4. The fourth-order valence-electron chi connectivity index (χ4n) is 2.63. The van der Waals surface area contributed by atoms with Crippen molar-refractivity contribution in [2.75, 3.05) is 26.8 Å². The number of nitrogens with zero attached hydrogens (tertiary/aromatic N) is 2. The van der Waals surface area contributed by atoms with Crippen LogP contribution in [0.2, 0.25) is 0 Å². The number of guanidine groups is 1. The van der Waals surface area contributed by atoms with E-state index in [9.17, 15) is 13.2 Å². The highest BCUT2D eigenvalue weighted by Gasteiger charge is 2.45. The van der Waals surface area contributed by atoms with Gasteiger partial charge in [0.1, 0.15) is 0 Å². The fourth-order valence-corrected chi connectivity index (χ4v) is 2.63. The van der Waals surface area contributed by atoms with Crippen molar-refractivity contribution in [1.82, 2.24) is 4.90 Å². The van der Waals surface area contributed by atoms with Gasteiger partial charge in [0.2, 0.25) is 0 Å². The molecule has 1 aliphatic rings. The smallest absolute Gasteiger partial charge is 0.383 e. The second-order valence-corrected chi connectivity index (χ2v) is 5.14. The molecule has 116 valence electrons. The highest BCUT2D eigenvalue weighted by Crippen LogP contribution is 2.40. The second-order valence-electron chi connectivity index (χ2n) is 5.14. The van der Waals surface area contributed by atoms with Gasteiger partial charge in [0.25, 0.3) is 0 Å². The van der Waals surface area contributed by atoms with Gasteiger partial charge in [-0.3, -0.25) is 4.99 Å². The van der Waals surface area contributed by atoms with Crippen molar-refractivity contribution in [2.24, 2.45) is 10.7 Å². The number of halogens is 3. The Hall–Kier alpha value is -1.76. The molecule has 0 radical (unpaired) electrons. The molecule has 7 heteroatoms. The molecule has 1 aromatic carbocycles.